The van der Waals surface area contributed by atoms with E-state index in [-0.39, 0.29) is 11.6 Å². The summed E-state index contributed by atoms with van der Waals surface area (Å²) in [5.74, 6) is -0.0270. The summed E-state index contributed by atoms with van der Waals surface area (Å²) in [6.45, 7) is 6.11. The van der Waals surface area contributed by atoms with Gasteiger partial charge in [0.15, 0.2) is 0 Å². The van der Waals surface area contributed by atoms with Crippen LogP contribution in [-0.4, -0.2) is 48.6 Å². The number of carbonyl (C=O) groups is 1. The van der Waals surface area contributed by atoms with Crippen LogP contribution < -0.4 is 10.6 Å². The van der Waals surface area contributed by atoms with Gasteiger partial charge in [-0.2, -0.15) is 0 Å². The van der Waals surface area contributed by atoms with Crippen molar-refractivity contribution < 1.29 is 14.5 Å². The molecule has 3 rings (SSSR count). The predicted molar refractivity (Wildman–Crippen MR) is 117 cm³/mol. The number of nitrogens with one attached hydrogen (secondary N) is 2. The van der Waals surface area contributed by atoms with Gasteiger partial charge >= 0.3 is 0 Å². The van der Waals surface area contributed by atoms with Crippen molar-refractivity contribution in [3.05, 3.63) is 62.7 Å². The van der Waals surface area contributed by atoms with Gasteiger partial charge in [0.1, 0.15) is 0 Å². The molecule has 0 radical (unpaired) electrons. The van der Waals surface area contributed by atoms with Crippen LogP contribution in [-0.2, 0) is 16.1 Å². The number of morpholine rings is 1. The van der Waals surface area contributed by atoms with Gasteiger partial charge in [-0.3, -0.25) is 19.8 Å². The number of hydrogen-bond donors (Lipinski definition) is 2. The van der Waals surface area contributed by atoms with Crippen molar-refractivity contribution in [3.63, 3.8) is 0 Å². The Morgan fingerprint density at radius 1 is 1.27 bits per heavy atom. The van der Waals surface area contributed by atoms with Gasteiger partial charge in [-0.15, -0.1) is 0 Å². The minimum Gasteiger partial charge on any atom is -0.380 e. The van der Waals surface area contributed by atoms with Crippen LogP contribution in [0.25, 0.3) is 0 Å². The first-order valence-electron chi connectivity index (χ1n) is 9.79. The Morgan fingerprint density at radius 2 is 2.03 bits per heavy atom. The fourth-order valence-corrected chi connectivity index (χ4v) is 3.64. The number of nitro benzene ring substituents is 1. The number of anilines is 2. The van der Waals surface area contributed by atoms with Crippen molar-refractivity contribution >= 4 is 34.6 Å². The monoisotopic (exact) mass is 432 g/mol. The molecule has 1 aliphatic heterocycles. The molecule has 0 aliphatic carbocycles. The van der Waals surface area contributed by atoms with E-state index in [0.29, 0.717) is 35.8 Å². The van der Waals surface area contributed by atoms with E-state index in [1.54, 1.807) is 6.92 Å². The van der Waals surface area contributed by atoms with Crippen molar-refractivity contribution in [1.29, 1.82) is 0 Å². The van der Waals surface area contributed by atoms with Gasteiger partial charge in [-0.05, 0) is 30.2 Å². The highest BCUT2D eigenvalue weighted by Crippen LogP contribution is 2.31. The first-order valence-corrected chi connectivity index (χ1v) is 10.2. The van der Waals surface area contributed by atoms with Gasteiger partial charge in [0, 0.05) is 50.4 Å². The van der Waals surface area contributed by atoms with Crippen LogP contribution in [0.3, 0.4) is 0 Å². The third kappa shape index (κ3) is 6.16. The largest absolute Gasteiger partial charge is 0.380 e. The minimum absolute atomic E-state index is 0.0270. The van der Waals surface area contributed by atoms with Gasteiger partial charge in [0.05, 0.1) is 28.8 Å². The Balaban J connectivity index is 1.55. The lowest BCUT2D eigenvalue weighted by atomic mass is 10.1. The molecule has 30 heavy (non-hydrogen) atoms. The highest BCUT2D eigenvalue weighted by atomic mass is 35.5. The third-order valence-electron chi connectivity index (χ3n) is 4.92. The van der Waals surface area contributed by atoms with Gasteiger partial charge in [-0.1, -0.05) is 23.7 Å². The van der Waals surface area contributed by atoms with Crippen LogP contribution in [0, 0.1) is 17.0 Å². The number of ether oxygens (including phenoxy) is 1. The maximum Gasteiger partial charge on any atom is 0.271 e. The van der Waals surface area contributed by atoms with Gasteiger partial charge < -0.3 is 15.4 Å². The van der Waals surface area contributed by atoms with Crippen LogP contribution in [0.4, 0.5) is 17.1 Å². The minimum atomic E-state index is -0.464. The van der Waals surface area contributed by atoms with E-state index in [9.17, 15) is 14.9 Å². The van der Waals surface area contributed by atoms with Crippen LogP contribution in [0.1, 0.15) is 17.5 Å². The molecule has 0 aromatic heterocycles. The Hall–Kier alpha value is -2.68. The lowest BCUT2D eigenvalue weighted by Crippen LogP contribution is -2.38. The maximum absolute atomic E-state index is 12.3. The molecule has 0 atom stereocenters. The zero-order chi connectivity index (χ0) is 21.5. The molecule has 8 nitrogen and oxygen atoms in total. The fourth-order valence-electron chi connectivity index (χ4n) is 3.31. The normalized spacial score (nSPS) is 14.3. The SMILES string of the molecule is Cc1cc([N+](=O)[O-])cc(Cl)c1NCc1cccc(NC(=O)CCN2CCOCC2)c1. The average Bonchev–Trinajstić information content (AvgIpc) is 2.72. The molecule has 1 aliphatic rings. The van der Waals surface area contributed by atoms with Crippen LogP contribution in [0.2, 0.25) is 5.02 Å². The standard InChI is InChI=1S/C21H25ClN4O4/c1-15-11-18(26(28)29)13-19(22)21(15)23-14-16-3-2-4-17(12-16)24-20(27)5-6-25-7-9-30-10-8-25/h2-4,11-13,23H,5-10,14H2,1H3,(H,24,27). The number of aryl methyl sites for hydroxylation is 1. The predicted octanol–water partition coefficient (Wildman–Crippen LogP) is 3.83. The number of nitrogens with zero attached hydrogens (tertiary/aromatic N) is 2. The zero-order valence-electron chi connectivity index (χ0n) is 16.8. The van der Waals surface area contributed by atoms with Gasteiger partial charge in [0.25, 0.3) is 5.69 Å². The maximum atomic E-state index is 12.3. The highest BCUT2D eigenvalue weighted by Gasteiger charge is 2.14. The molecule has 1 fully saturated rings. The summed E-state index contributed by atoms with van der Waals surface area (Å²) in [6, 6.07) is 10.4. The van der Waals surface area contributed by atoms with E-state index < -0.39 is 4.92 Å². The number of benzene rings is 2. The zero-order valence-corrected chi connectivity index (χ0v) is 17.6. The lowest BCUT2D eigenvalue weighted by molar-refractivity contribution is -0.384. The van der Waals surface area contributed by atoms with Crippen molar-refractivity contribution in [1.82, 2.24) is 4.90 Å². The van der Waals surface area contributed by atoms with Gasteiger partial charge in [-0.25, -0.2) is 0 Å². The van der Waals surface area contributed by atoms with Crippen molar-refractivity contribution in [2.24, 2.45) is 0 Å². The molecule has 0 unspecified atom stereocenters. The molecular formula is C21H25ClN4O4. The van der Waals surface area contributed by atoms with Crippen molar-refractivity contribution in [2.45, 2.75) is 19.9 Å². The molecule has 2 aromatic rings. The van der Waals surface area contributed by atoms with Gasteiger partial charge in [0.2, 0.25) is 5.91 Å². The van der Waals surface area contributed by atoms with E-state index in [2.05, 4.69) is 15.5 Å². The summed E-state index contributed by atoms with van der Waals surface area (Å²) in [5.41, 5.74) is 3.00. The number of carbonyl (C=O) groups excluding carboxylic acids is 1. The molecule has 160 valence electrons. The summed E-state index contributed by atoms with van der Waals surface area (Å²) in [4.78, 5) is 25.0. The fraction of sp³-hybridized carbons (Fsp3) is 0.381. The summed E-state index contributed by atoms with van der Waals surface area (Å²) >= 11 is 6.21. The summed E-state index contributed by atoms with van der Waals surface area (Å²) in [7, 11) is 0. The second-order valence-electron chi connectivity index (χ2n) is 7.18. The first-order chi connectivity index (χ1) is 14.4. The van der Waals surface area contributed by atoms with Crippen molar-refractivity contribution in [2.75, 3.05) is 43.5 Å². The Morgan fingerprint density at radius 3 is 2.73 bits per heavy atom. The summed E-state index contributed by atoms with van der Waals surface area (Å²) in [5, 5.41) is 17.4. The second kappa shape index (κ2) is 10.4. The Labute approximate surface area is 180 Å². The highest BCUT2D eigenvalue weighted by molar-refractivity contribution is 6.33. The molecule has 0 bridgehead atoms. The number of nitro groups is 1. The average molecular weight is 433 g/mol. The molecule has 1 saturated heterocycles. The number of non-ortho nitro benzene ring substituents is 1. The number of hydrogen-bond acceptors (Lipinski definition) is 6. The molecule has 9 heteroatoms. The number of amides is 1. The quantitative estimate of drug-likeness (QED) is 0.486. The van der Waals surface area contributed by atoms with Crippen LogP contribution in [0.5, 0.6) is 0 Å². The lowest BCUT2D eigenvalue weighted by Gasteiger charge is -2.26. The summed E-state index contributed by atoms with van der Waals surface area (Å²) < 4.78 is 5.31. The third-order valence-corrected chi connectivity index (χ3v) is 5.22. The smallest absolute Gasteiger partial charge is 0.271 e. The van der Waals surface area contributed by atoms with E-state index in [1.165, 1.54) is 12.1 Å². The molecular weight excluding hydrogens is 408 g/mol. The van der Waals surface area contributed by atoms with E-state index in [0.717, 1.165) is 37.6 Å². The van der Waals surface area contributed by atoms with E-state index in [1.807, 2.05) is 24.3 Å². The van der Waals surface area contributed by atoms with Crippen LogP contribution >= 0.6 is 11.6 Å². The molecule has 2 N–H and O–H groups in total. The molecule has 1 amide bonds. The molecule has 0 spiro atoms. The van der Waals surface area contributed by atoms with E-state index in [4.69, 9.17) is 16.3 Å². The topological polar surface area (TPSA) is 96.7 Å². The number of rotatable bonds is 8. The first kappa shape index (κ1) is 22.0. The summed E-state index contributed by atoms with van der Waals surface area (Å²) in [6.07, 6.45) is 0.431. The number of halogens is 1. The van der Waals surface area contributed by atoms with Crippen LogP contribution in [0.15, 0.2) is 36.4 Å². The Kier molecular flexibility index (Phi) is 7.62. The second-order valence-corrected chi connectivity index (χ2v) is 7.59. The Bertz CT molecular complexity index is 893. The molecule has 1 heterocycles. The van der Waals surface area contributed by atoms with E-state index >= 15 is 0 Å². The van der Waals surface area contributed by atoms with Crippen molar-refractivity contribution in [3.8, 4) is 0 Å². The molecule has 2 aromatic carbocycles. The molecule has 0 saturated carbocycles.